The maximum Gasteiger partial charge on any atom is 0.227 e. The van der Waals surface area contributed by atoms with Crippen molar-refractivity contribution in [1.82, 2.24) is 14.8 Å². The van der Waals surface area contributed by atoms with E-state index in [9.17, 15) is 4.79 Å². The van der Waals surface area contributed by atoms with Crippen LogP contribution in [0.4, 0.5) is 5.95 Å². The highest BCUT2D eigenvalue weighted by molar-refractivity contribution is 7.99. The molecule has 5 rings (SSSR count). The molecule has 1 unspecified atom stereocenters. The van der Waals surface area contributed by atoms with Crippen LogP contribution >= 0.6 is 11.8 Å². The molecule has 6 heteroatoms. The first-order chi connectivity index (χ1) is 14.0. The lowest BCUT2D eigenvalue weighted by atomic mass is 9.73. The largest absolute Gasteiger partial charge is 0.328 e. The standard InChI is InChI=1S/C23H24N4OS/c1-4-29-22-25-21-24-17-12-23(2,3)13-18(28)19(17)20(27(21)26-22)16-11-7-9-14-8-5-6-10-15(14)16/h5-11,20H,4,12-13H2,1-3H3,(H,24,25,26). The highest BCUT2D eigenvalue weighted by atomic mass is 32.2. The number of carbonyl (C=O) groups is 1. The predicted octanol–water partition coefficient (Wildman–Crippen LogP) is 5.20. The minimum Gasteiger partial charge on any atom is -0.328 e. The Balaban J connectivity index is 1.76. The number of fused-ring (bicyclic) bond motifs is 2. The number of hydrogen-bond acceptors (Lipinski definition) is 5. The Labute approximate surface area is 174 Å². The lowest BCUT2D eigenvalue weighted by molar-refractivity contribution is -0.118. The van der Waals surface area contributed by atoms with Crippen LogP contribution in [0.3, 0.4) is 0 Å². The number of nitrogens with one attached hydrogen (secondary N) is 1. The molecule has 0 radical (unpaired) electrons. The summed E-state index contributed by atoms with van der Waals surface area (Å²) >= 11 is 1.62. The molecule has 0 bridgehead atoms. The van der Waals surface area contributed by atoms with Crippen LogP contribution in [-0.2, 0) is 4.79 Å². The number of ketones is 1. The maximum atomic E-state index is 13.3. The Morgan fingerprint density at radius 3 is 2.79 bits per heavy atom. The second kappa shape index (κ2) is 6.73. The second-order valence-electron chi connectivity index (χ2n) is 8.52. The van der Waals surface area contributed by atoms with E-state index >= 15 is 0 Å². The van der Waals surface area contributed by atoms with E-state index in [1.54, 1.807) is 11.8 Å². The number of allylic oxidation sites excluding steroid dienone is 2. The molecule has 29 heavy (non-hydrogen) atoms. The lowest BCUT2D eigenvalue weighted by Crippen LogP contribution is -2.36. The predicted molar refractivity (Wildman–Crippen MR) is 117 cm³/mol. The van der Waals surface area contributed by atoms with Crippen LogP contribution in [0.25, 0.3) is 10.8 Å². The zero-order chi connectivity index (χ0) is 20.2. The van der Waals surface area contributed by atoms with E-state index in [-0.39, 0.29) is 17.2 Å². The molecule has 0 fully saturated rings. The second-order valence-corrected chi connectivity index (χ2v) is 9.76. The fraction of sp³-hybridized carbons (Fsp3) is 0.348. The van der Waals surface area contributed by atoms with Gasteiger partial charge in [0.1, 0.15) is 6.04 Å². The number of carbonyl (C=O) groups excluding carboxylic acids is 1. The molecular weight excluding hydrogens is 380 g/mol. The zero-order valence-electron chi connectivity index (χ0n) is 16.9. The average Bonchev–Trinajstić information content (AvgIpc) is 3.07. The Bertz CT molecular complexity index is 1160. The summed E-state index contributed by atoms with van der Waals surface area (Å²) < 4.78 is 1.91. The van der Waals surface area contributed by atoms with Crippen LogP contribution in [0.5, 0.6) is 0 Å². The van der Waals surface area contributed by atoms with Crippen LogP contribution in [0, 0.1) is 5.41 Å². The number of nitrogens with zero attached hydrogens (tertiary/aromatic N) is 3. The summed E-state index contributed by atoms with van der Waals surface area (Å²) in [4.78, 5) is 18.1. The number of Topliss-reactive ketones (excluding diaryl/α,β-unsaturated/α-hetero) is 1. The summed E-state index contributed by atoms with van der Waals surface area (Å²) in [6.45, 7) is 6.40. The van der Waals surface area contributed by atoms with Crippen molar-refractivity contribution in [3.8, 4) is 0 Å². The highest BCUT2D eigenvalue weighted by Gasteiger charge is 2.42. The van der Waals surface area contributed by atoms with Gasteiger partial charge in [-0.25, -0.2) is 4.68 Å². The van der Waals surface area contributed by atoms with Crippen LogP contribution < -0.4 is 5.32 Å². The monoisotopic (exact) mass is 404 g/mol. The molecule has 0 amide bonds. The van der Waals surface area contributed by atoms with Gasteiger partial charge in [0.15, 0.2) is 5.78 Å². The number of aromatic nitrogens is 3. The van der Waals surface area contributed by atoms with Gasteiger partial charge in [-0.1, -0.05) is 75.0 Å². The Morgan fingerprint density at radius 2 is 1.97 bits per heavy atom. The molecule has 0 spiro atoms. The summed E-state index contributed by atoms with van der Waals surface area (Å²) in [7, 11) is 0. The van der Waals surface area contributed by atoms with Gasteiger partial charge >= 0.3 is 0 Å². The van der Waals surface area contributed by atoms with Gasteiger partial charge in [-0.3, -0.25) is 4.79 Å². The van der Waals surface area contributed by atoms with E-state index < -0.39 is 0 Å². The number of rotatable bonds is 3. The highest BCUT2D eigenvalue weighted by Crippen LogP contribution is 2.46. The van der Waals surface area contributed by atoms with Crippen LogP contribution in [0.1, 0.15) is 45.2 Å². The normalized spacial score (nSPS) is 20.4. The number of hydrogen-bond donors (Lipinski definition) is 1. The fourth-order valence-electron chi connectivity index (χ4n) is 4.56. The molecule has 148 valence electrons. The third kappa shape index (κ3) is 3.06. The third-order valence-corrected chi connectivity index (χ3v) is 6.42. The van der Waals surface area contributed by atoms with Crippen molar-refractivity contribution in [2.45, 2.75) is 44.8 Å². The quantitative estimate of drug-likeness (QED) is 0.608. The molecule has 5 nitrogen and oxygen atoms in total. The zero-order valence-corrected chi connectivity index (χ0v) is 17.7. The van der Waals surface area contributed by atoms with Crippen molar-refractivity contribution < 1.29 is 4.79 Å². The SMILES string of the molecule is CCSc1nc2n(n1)C(c1cccc3ccccc13)C1=C(CC(C)(C)CC1=O)N2. The molecular formula is C23H24N4OS. The molecule has 2 aliphatic rings. The fourth-order valence-corrected chi connectivity index (χ4v) is 5.11. The first kappa shape index (κ1) is 18.4. The number of anilines is 1. The summed E-state index contributed by atoms with van der Waals surface area (Å²) in [5, 5.41) is 11.3. The van der Waals surface area contributed by atoms with Crippen molar-refractivity contribution >= 4 is 34.3 Å². The van der Waals surface area contributed by atoms with Gasteiger partial charge in [0, 0.05) is 17.7 Å². The molecule has 1 aliphatic heterocycles. The summed E-state index contributed by atoms with van der Waals surface area (Å²) in [5.74, 6) is 1.83. The van der Waals surface area contributed by atoms with Crippen LogP contribution in [0.15, 0.2) is 58.9 Å². The summed E-state index contributed by atoms with van der Waals surface area (Å²) in [6.07, 6.45) is 1.38. The van der Waals surface area contributed by atoms with Gasteiger partial charge in [0.25, 0.3) is 0 Å². The third-order valence-electron chi connectivity index (χ3n) is 5.70. The molecule has 1 N–H and O–H groups in total. The van der Waals surface area contributed by atoms with Gasteiger partial charge in [0.05, 0.1) is 0 Å². The van der Waals surface area contributed by atoms with Crippen molar-refractivity contribution in [2.75, 3.05) is 11.1 Å². The molecule has 1 aliphatic carbocycles. The van der Waals surface area contributed by atoms with Gasteiger partial charge in [-0.2, -0.15) is 4.98 Å². The maximum absolute atomic E-state index is 13.3. The van der Waals surface area contributed by atoms with Gasteiger partial charge < -0.3 is 5.32 Å². The molecule has 0 saturated carbocycles. The van der Waals surface area contributed by atoms with Crippen molar-refractivity contribution in [1.29, 1.82) is 0 Å². The molecule has 3 aromatic rings. The smallest absolute Gasteiger partial charge is 0.227 e. The van der Waals surface area contributed by atoms with E-state index in [0.717, 1.165) is 45.5 Å². The summed E-state index contributed by atoms with van der Waals surface area (Å²) in [6, 6.07) is 14.4. The number of benzene rings is 2. The first-order valence-electron chi connectivity index (χ1n) is 10.1. The lowest BCUT2D eigenvalue weighted by Gasteiger charge is -2.38. The minimum atomic E-state index is -0.255. The molecule has 1 atom stereocenters. The molecule has 0 saturated heterocycles. The molecule has 2 aromatic carbocycles. The molecule has 2 heterocycles. The van der Waals surface area contributed by atoms with Crippen molar-refractivity contribution in [2.24, 2.45) is 5.41 Å². The Kier molecular flexibility index (Phi) is 4.28. The van der Waals surface area contributed by atoms with E-state index in [1.807, 2.05) is 10.7 Å². The molecule has 1 aromatic heterocycles. The van der Waals surface area contributed by atoms with Crippen molar-refractivity contribution in [3.05, 3.63) is 59.3 Å². The first-order valence-corrected chi connectivity index (χ1v) is 11.1. The van der Waals surface area contributed by atoms with E-state index in [2.05, 4.69) is 62.5 Å². The van der Waals surface area contributed by atoms with Crippen LogP contribution in [-0.4, -0.2) is 26.3 Å². The van der Waals surface area contributed by atoms with Gasteiger partial charge in [-0.05, 0) is 33.9 Å². The number of thioether (sulfide) groups is 1. The van der Waals surface area contributed by atoms with Gasteiger partial charge in [-0.15, -0.1) is 5.10 Å². The van der Waals surface area contributed by atoms with E-state index in [0.29, 0.717) is 6.42 Å². The van der Waals surface area contributed by atoms with Crippen molar-refractivity contribution in [3.63, 3.8) is 0 Å². The summed E-state index contributed by atoms with van der Waals surface area (Å²) in [5.41, 5.74) is 2.88. The average molecular weight is 405 g/mol. The Morgan fingerprint density at radius 1 is 1.17 bits per heavy atom. The van der Waals surface area contributed by atoms with Gasteiger partial charge in [0.2, 0.25) is 11.1 Å². The Hall–Kier alpha value is -2.60. The minimum absolute atomic E-state index is 0.0601. The topological polar surface area (TPSA) is 59.8 Å². The van der Waals surface area contributed by atoms with E-state index in [1.165, 1.54) is 5.39 Å². The van der Waals surface area contributed by atoms with Crippen LogP contribution in [0.2, 0.25) is 0 Å². The van der Waals surface area contributed by atoms with E-state index in [4.69, 9.17) is 10.1 Å².